The molecule has 1 heterocycles. The highest BCUT2D eigenvalue weighted by atomic mass is 19.1. The molecule has 5 nitrogen and oxygen atoms in total. The lowest BCUT2D eigenvalue weighted by Gasteiger charge is -2.18. The van der Waals surface area contributed by atoms with Gasteiger partial charge in [0.25, 0.3) is 0 Å². The Labute approximate surface area is 140 Å². The van der Waals surface area contributed by atoms with E-state index in [0.717, 1.165) is 5.82 Å². The summed E-state index contributed by atoms with van der Waals surface area (Å²) in [7, 11) is 3.18. The predicted octanol–water partition coefficient (Wildman–Crippen LogP) is 2.92. The van der Waals surface area contributed by atoms with Gasteiger partial charge in [-0.05, 0) is 35.9 Å². The van der Waals surface area contributed by atoms with E-state index in [1.807, 2.05) is 30.1 Å². The van der Waals surface area contributed by atoms with Gasteiger partial charge in [-0.25, -0.2) is 14.2 Å². The first kappa shape index (κ1) is 17.5. The number of methoxy groups -OCH3 is 1. The summed E-state index contributed by atoms with van der Waals surface area (Å²) in [5.74, 6) is 0.0142. The van der Waals surface area contributed by atoms with Crippen molar-refractivity contribution >= 4 is 17.9 Å². The van der Waals surface area contributed by atoms with E-state index >= 15 is 0 Å². The van der Waals surface area contributed by atoms with Crippen LogP contribution in [0.15, 0.2) is 48.7 Å². The molecule has 0 unspecified atom stereocenters. The van der Waals surface area contributed by atoms with Crippen molar-refractivity contribution in [1.82, 2.24) is 4.98 Å². The molecule has 0 saturated heterocycles. The Balaban J connectivity index is 1.89. The van der Waals surface area contributed by atoms with Crippen molar-refractivity contribution in [3.05, 3.63) is 60.1 Å². The minimum atomic E-state index is -0.492. The molecule has 24 heavy (non-hydrogen) atoms. The van der Waals surface area contributed by atoms with Gasteiger partial charge in [0, 0.05) is 19.3 Å². The van der Waals surface area contributed by atoms with Crippen molar-refractivity contribution < 1.29 is 18.7 Å². The van der Waals surface area contributed by atoms with E-state index in [9.17, 15) is 9.18 Å². The van der Waals surface area contributed by atoms with Crippen LogP contribution in [0.25, 0.3) is 6.08 Å². The average Bonchev–Trinajstić information content (AvgIpc) is 2.61. The van der Waals surface area contributed by atoms with Crippen LogP contribution in [-0.4, -0.2) is 38.3 Å². The summed E-state index contributed by atoms with van der Waals surface area (Å²) in [6, 6.07) is 10.1. The molecule has 0 bridgehead atoms. The fourth-order valence-corrected chi connectivity index (χ4v) is 1.96. The first-order valence-electron chi connectivity index (χ1n) is 7.40. The summed E-state index contributed by atoms with van der Waals surface area (Å²) in [6.45, 7) is 0.891. The zero-order chi connectivity index (χ0) is 17.4. The zero-order valence-corrected chi connectivity index (χ0v) is 13.6. The number of anilines is 1. The molecule has 0 atom stereocenters. The number of halogens is 1. The minimum absolute atomic E-state index is 0.166. The number of hydrogen-bond donors (Lipinski definition) is 0. The lowest BCUT2D eigenvalue weighted by Crippen LogP contribution is -2.24. The molecule has 126 valence electrons. The molecule has 6 heteroatoms. The number of pyridine rings is 1. The van der Waals surface area contributed by atoms with Crippen molar-refractivity contribution in [1.29, 1.82) is 0 Å². The summed E-state index contributed by atoms with van der Waals surface area (Å²) >= 11 is 0. The molecule has 2 aromatic rings. The number of aromatic nitrogens is 1. The number of ether oxygens (including phenoxy) is 2. The van der Waals surface area contributed by atoms with Crippen LogP contribution in [0.2, 0.25) is 0 Å². The molecule has 0 radical (unpaired) electrons. The topological polar surface area (TPSA) is 51.7 Å². The minimum Gasteiger partial charge on any atom is -0.489 e. The van der Waals surface area contributed by atoms with E-state index in [1.54, 1.807) is 12.3 Å². The zero-order valence-electron chi connectivity index (χ0n) is 13.6. The number of rotatable bonds is 7. The van der Waals surface area contributed by atoms with E-state index in [1.165, 1.54) is 31.4 Å². The van der Waals surface area contributed by atoms with Crippen LogP contribution in [0.5, 0.6) is 5.75 Å². The number of likely N-dealkylation sites (N-methyl/N-ethyl adjacent to an activating group) is 1. The summed E-state index contributed by atoms with van der Waals surface area (Å²) in [4.78, 5) is 17.2. The summed E-state index contributed by atoms with van der Waals surface area (Å²) in [5, 5.41) is 0. The molecule has 1 aromatic carbocycles. The van der Waals surface area contributed by atoms with Crippen LogP contribution < -0.4 is 9.64 Å². The lowest BCUT2D eigenvalue weighted by molar-refractivity contribution is -0.134. The standard InChI is InChI=1S/C18H19FN2O3/c1-21(17-5-3-4-10-20-17)11-12-24-16-8-6-14(13-15(16)19)7-9-18(22)23-2/h3-10,13H,11-12H2,1-2H3. The van der Waals surface area contributed by atoms with Gasteiger partial charge in [0.05, 0.1) is 13.7 Å². The molecule has 0 saturated carbocycles. The highest BCUT2D eigenvalue weighted by Gasteiger charge is 2.06. The van der Waals surface area contributed by atoms with Gasteiger partial charge in [0.1, 0.15) is 12.4 Å². The van der Waals surface area contributed by atoms with Crippen molar-refractivity contribution in [2.24, 2.45) is 0 Å². The number of carbonyl (C=O) groups is 1. The van der Waals surface area contributed by atoms with Crippen molar-refractivity contribution in [2.45, 2.75) is 0 Å². The number of benzene rings is 1. The highest BCUT2D eigenvalue weighted by Crippen LogP contribution is 2.19. The Kier molecular flexibility index (Phi) is 6.31. The molecular formula is C18H19FN2O3. The quantitative estimate of drug-likeness (QED) is 0.577. The largest absolute Gasteiger partial charge is 0.489 e. The fourth-order valence-electron chi connectivity index (χ4n) is 1.96. The second-order valence-electron chi connectivity index (χ2n) is 5.00. The van der Waals surface area contributed by atoms with Gasteiger partial charge in [-0.3, -0.25) is 0 Å². The van der Waals surface area contributed by atoms with Crippen LogP contribution in [0, 0.1) is 5.82 Å². The number of esters is 1. The van der Waals surface area contributed by atoms with E-state index in [2.05, 4.69) is 9.72 Å². The van der Waals surface area contributed by atoms with E-state index in [0.29, 0.717) is 18.7 Å². The van der Waals surface area contributed by atoms with Crippen LogP contribution >= 0.6 is 0 Å². The summed E-state index contributed by atoms with van der Waals surface area (Å²) < 4.78 is 24.0. The molecular weight excluding hydrogens is 311 g/mol. The first-order valence-corrected chi connectivity index (χ1v) is 7.40. The Hall–Kier alpha value is -2.89. The molecule has 0 aliphatic heterocycles. The molecule has 0 aliphatic rings. The normalized spacial score (nSPS) is 10.6. The Morgan fingerprint density at radius 2 is 2.17 bits per heavy atom. The maximum absolute atomic E-state index is 14.0. The third-order valence-electron chi connectivity index (χ3n) is 3.29. The maximum atomic E-state index is 14.0. The van der Waals surface area contributed by atoms with Crippen molar-refractivity contribution in [2.75, 3.05) is 32.2 Å². The predicted molar refractivity (Wildman–Crippen MR) is 90.5 cm³/mol. The van der Waals surface area contributed by atoms with Gasteiger partial charge in [0.15, 0.2) is 11.6 Å². The first-order chi connectivity index (χ1) is 11.6. The SMILES string of the molecule is COC(=O)C=Cc1ccc(OCCN(C)c2ccccn2)c(F)c1. The fraction of sp³-hybridized carbons (Fsp3) is 0.222. The lowest BCUT2D eigenvalue weighted by atomic mass is 10.2. The third kappa shape index (κ3) is 5.08. The summed E-state index contributed by atoms with van der Waals surface area (Å²) in [5.41, 5.74) is 0.552. The molecule has 0 N–H and O–H groups in total. The molecule has 2 rings (SSSR count). The number of nitrogens with zero attached hydrogens (tertiary/aromatic N) is 2. The van der Waals surface area contributed by atoms with Gasteiger partial charge < -0.3 is 14.4 Å². The molecule has 1 aromatic heterocycles. The van der Waals surface area contributed by atoms with Gasteiger partial charge in [0.2, 0.25) is 0 Å². The van der Waals surface area contributed by atoms with Crippen LogP contribution in [0.3, 0.4) is 0 Å². The van der Waals surface area contributed by atoms with Gasteiger partial charge in [-0.2, -0.15) is 0 Å². The van der Waals surface area contributed by atoms with E-state index in [-0.39, 0.29) is 5.75 Å². The van der Waals surface area contributed by atoms with Gasteiger partial charge in [-0.1, -0.05) is 12.1 Å². The second-order valence-corrected chi connectivity index (χ2v) is 5.00. The monoisotopic (exact) mass is 330 g/mol. The summed E-state index contributed by atoms with van der Waals surface area (Å²) in [6.07, 6.45) is 4.43. The van der Waals surface area contributed by atoms with Crippen LogP contribution in [0.1, 0.15) is 5.56 Å². The number of hydrogen-bond acceptors (Lipinski definition) is 5. The van der Waals surface area contributed by atoms with E-state index in [4.69, 9.17) is 4.74 Å². The Morgan fingerprint density at radius 3 is 2.83 bits per heavy atom. The Bertz CT molecular complexity index is 705. The maximum Gasteiger partial charge on any atom is 0.330 e. The van der Waals surface area contributed by atoms with Crippen LogP contribution in [-0.2, 0) is 9.53 Å². The van der Waals surface area contributed by atoms with E-state index < -0.39 is 11.8 Å². The Morgan fingerprint density at radius 1 is 1.33 bits per heavy atom. The van der Waals surface area contributed by atoms with Crippen molar-refractivity contribution in [3.8, 4) is 5.75 Å². The van der Waals surface area contributed by atoms with Gasteiger partial charge in [-0.15, -0.1) is 0 Å². The average molecular weight is 330 g/mol. The van der Waals surface area contributed by atoms with Crippen LogP contribution in [0.4, 0.5) is 10.2 Å². The van der Waals surface area contributed by atoms with Gasteiger partial charge >= 0.3 is 5.97 Å². The molecule has 0 aliphatic carbocycles. The molecule has 0 spiro atoms. The van der Waals surface area contributed by atoms with Crippen molar-refractivity contribution in [3.63, 3.8) is 0 Å². The molecule has 0 fully saturated rings. The second kappa shape index (κ2) is 8.67. The third-order valence-corrected chi connectivity index (χ3v) is 3.29. The molecule has 0 amide bonds. The number of carbonyl (C=O) groups excluding carboxylic acids is 1. The highest BCUT2D eigenvalue weighted by molar-refractivity contribution is 5.86. The smallest absolute Gasteiger partial charge is 0.330 e.